The molecule has 0 spiro atoms. The number of nitrogens with zero attached hydrogens (tertiary/aromatic N) is 11. The Morgan fingerprint density at radius 3 is 1.74 bits per heavy atom. The molecule has 0 aliphatic rings. The normalized spacial score (nSPS) is 11.3. The highest BCUT2D eigenvalue weighted by molar-refractivity contribution is 6.32. The monoisotopic (exact) mass is 833 g/mol. The summed E-state index contributed by atoms with van der Waals surface area (Å²) in [6.07, 6.45) is 0.545. The summed E-state index contributed by atoms with van der Waals surface area (Å²) in [5.41, 5.74) is 8.19. The fourth-order valence-electron chi connectivity index (χ4n) is 6.93. The molecule has 0 amide bonds. The number of likely N-dealkylation sites (N-methyl/N-ethyl adjacent to an activating group) is 2. The van der Waals surface area contributed by atoms with E-state index in [2.05, 4.69) is 40.1 Å². The molecule has 0 atom stereocenters. The summed E-state index contributed by atoms with van der Waals surface area (Å²) in [6, 6.07) is 11.0. The Kier molecular flexibility index (Phi) is 13.8. The second-order valence-electron chi connectivity index (χ2n) is 14.8. The SMILES string of the molecule is CCN(CC(=O)Cc1cc(Cl)nc(Cl)c1)c1cc(C(C)C)c2c(C)nn(C)c2n1.Cc1cc(CC(=O)CN(C)c2cc(N(C)C)c3c(C)nn(C)c3n2)cc(Cl)n1. The number of aromatic nitrogens is 8. The lowest BCUT2D eigenvalue weighted by Gasteiger charge is -2.23. The highest BCUT2D eigenvalue weighted by Crippen LogP contribution is 2.32. The van der Waals surface area contributed by atoms with Gasteiger partial charge in [-0.25, -0.2) is 19.9 Å². The number of ketones is 2. The number of rotatable bonds is 13. The molecule has 302 valence electrons. The lowest BCUT2D eigenvalue weighted by molar-refractivity contribution is -0.118. The Hall–Kier alpha value is -4.85. The number of fused-ring (bicyclic) bond motifs is 2. The molecule has 0 bridgehead atoms. The molecule has 13 nitrogen and oxygen atoms in total. The minimum absolute atomic E-state index is 0.0550. The molecular weight excluding hydrogens is 785 g/mol. The van der Waals surface area contributed by atoms with E-state index in [1.807, 2.05) is 89.8 Å². The summed E-state index contributed by atoms with van der Waals surface area (Å²) in [5.74, 6) is 1.97. The predicted molar refractivity (Wildman–Crippen MR) is 232 cm³/mol. The first-order valence-electron chi connectivity index (χ1n) is 18.6. The van der Waals surface area contributed by atoms with E-state index in [4.69, 9.17) is 44.8 Å². The first-order chi connectivity index (χ1) is 26.8. The van der Waals surface area contributed by atoms with Crippen LogP contribution in [-0.4, -0.2) is 91.8 Å². The lowest BCUT2D eigenvalue weighted by atomic mass is 9.99. The number of aryl methyl sites for hydroxylation is 5. The van der Waals surface area contributed by atoms with Gasteiger partial charge in [0.25, 0.3) is 0 Å². The summed E-state index contributed by atoms with van der Waals surface area (Å²) < 4.78 is 3.58. The first-order valence-corrected chi connectivity index (χ1v) is 19.8. The largest absolute Gasteiger partial charge is 0.377 e. The van der Waals surface area contributed by atoms with Crippen molar-refractivity contribution in [2.75, 3.05) is 55.5 Å². The van der Waals surface area contributed by atoms with Crippen molar-refractivity contribution in [3.63, 3.8) is 0 Å². The van der Waals surface area contributed by atoms with E-state index in [0.29, 0.717) is 24.0 Å². The molecule has 0 aromatic carbocycles. The van der Waals surface area contributed by atoms with E-state index in [0.717, 1.165) is 67.6 Å². The van der Waals surface area contributed by atoms with Gasteiger partial charge >= 0.3 is 0 Å². The van der Waals surface area contributed by atoms with Crippen LogP contribution < -0.4 is 14.7 Å². The topological polar surface area (TPSA) is 131 Å². The van der Waals surface area contributed by atoms with Crippen molar-refractivity contribution in [3.05, 3.63) is 85.6 Å². The summed E-state index contributed by atoms with van der Waals surface area (Å²) in [7, 11) is 9.64. The molecule has 16 heteroatoms. The van der Waals surface area contributed by atoms with Gasteiger partial charge in [0, 0.05) is 71.8 Å². The van der Waals surface area contributed by atoms with Crippen LogP contribution in [0.1, 0.15) is 60.5 Å². The van der Waals surface area contributed by atoms with Crippen LogP contribution in [0.5, 0.6) is 0 Å². The molecule has 6 aromatic rings. The van der Waals surface area contributed by atoms with E-state index in [1.165, 1.54) is 5.56 Å². The van der Waals surface area contributed by atoms with E-state index >= 15 is 0 Å². The van der Waals surface area contributed by atoms with Crippen LogP contribution in [0.3, 0.4) is 0 Å². The van der Waals surface area contributed by atoms with Crippen LogP contribution in [-0.2, 0) is 36.5 Å². The van der Waals surface area contributed by atoms with Gasteiger partial charge < -0.3 is 14.7 Å². The molecule has 0 N–H and O–H groups in total. The number of Topliss-reactive ketones (excluding diaryl/α,β-unsaturated/α-hetero) is 2. The minimum atomic E-state index is 0.0550. The number of pyridine rings is 4. The van der Waals surface area contributed by atoms with Crippen molar-refractivity contribution in [3.8, 4) is 0 Å². The van der Waals surface area contributed by atoms with E-state index in [-0.39, 0.29) is 41.4 Å². The van der Waals surface area contributed by atoms with Crippen LogP contribution >= 0.6 is 34.8 Å². The predicted octanol–water partition coefficient (Wildman–Crippen LogP) is 7.69. The molecule has 0 radical (unpaired) electrons. The average molecular weight is 835 g/mol. The Morgan fingerprint density at radius 2 is 1.19 bits per heavy atom. The molecular formula is C41H50Cl3N11O2. The molecule has 0 aliphatic heterocycles. The minimum Gasteiger partial charge on any atom is -0.377 e. The van der Waals surface area contributed by atoms with E-state index in [1.54, 1.807) is 27.6 Å². The molecule has 6 aromatic heterocycles. The van der Waals surface area contributed by atoms with Gasteiger partial charge in [-0.1, -0.05) is 48.7 Å². The lowest BCUT2D eigenvalue weighted by Crippen LogP contribution is -2.31. The summed E-state index contributed by atoms with van der Waals surface area (Å²) in [4.78, 5) is 48.9. The van der Waals surface area contributed by atoms with Gasteiger partial charge in [-0.3, -0.25) is 19.0 Å². The highest BCUT2D eigenvalue weighted by Gasteiger charge is 2.21. The van der Waals surface area contributed by atoms with Crippen LogP contribution in [0.4, 0.5) is 17.3 Å². The second-order valence-corrected chi connectivity index (χ2v) is 16.0. The third kappa shape index (κ3) is 10.4. The van der Waals surface area contributed by atoms with Crippen molar-refractivity contribution in [2.45, 2.75) is 60.3 Å². The Bertz CT molecular complexity index is 2400. The Labute approximate surface area is 349 Å². The van der Waals surface area contributed by atoms with E-state index in [9.17, 15) is 9.59 Å². The van der Waals surface area contributed by atoms with Crippen molar-refractivity contribution in [1.82, 2.24) is 39.5 Å². The number of hydrogen-bond acceptors (Lipinski definition) is 11. The third-order valence-electron chi connectivity index (χ3n) is 9.51. The maximum Gasteiger partial charge on any atom is 0.162 e. The third-order valence-corrected chi connectivity index (χ3v) is 10.1. The van der Waals surface area contributed by atoms with Gasteiger partial charge in [-0.05, 0) is 80.6 Å². The zero-order chi connectivity index (χ0) is 41.9. The fraction of sp³-hybridized carbons (Fsp3) is 0.415. The Morgan fingerprint density at radius 1 is 0.684 bits per heavy atom. The Balaban J connectivity index is 0.000000218. The van der Waals surface area contributed by atoms with Crippen molar-refractivity contribution < 1.29 is 9.59 Å². The molecule has 0 unspecified atom stereocenters. The van der Waals surface area contributed by atoms with Crippen molar-refractivity contribution in [2.24, 2.45) is 14.1 Å². The van der Waals surface area contributed by atoms with E-state index < -0.39 is 0 Å². The van der Waals surface area contributed by atoms with Crippen molar-refractivity contribution >= 4 is 85.8 Å². The van der Waals surface area contributed by atoms with Gasteiger partial charge in [0.05, 0.1) is 35.6 Å². The van der Waals surface area contributed by atoms with Gasteiger partial charge in [-0.2, -0.15) is 10.2 Å². The van der Waals surface area contributed by atoms with Gasteiger partial charge in [0.2, 0.25) is 0 Å². The van der Waals surface area contributed by atoms with Gasteiger partial charge in [-0.15, -0.1) is 0 Å². The van der Waals surface area contributed by atoms with Crippen LogP contribution in [0, 0.1) is 20.8 Å². The number of hydrogen-bond donors (Lipinski definition) is 0. The fourth-order valence-corrected chi connectivity index (χ4v) is 7.71. The summed E-state index contributed by atoms with van der Waals surface area (Å²) in [6.45, 7) is 13.3. The molecule has 57 heavy (non-hydrogen) atoms. The summed E-state index contributed by atoms with van der Waals surface area (Å²) in [5, 5.41) is 12.1. The number of halogens is 3. The van der Waals surface area contributed by atoms with Crippen LogP contribution in [0.25, 0.3) is 22.1 Å². The zero-order valence-corrected chi connectivity index (χ0v) is 36.7. The molecule has 0 fully saturated rings. The average Bonchev–Trinajstić information content (AvgIpc) is 3.57. The molecule has 6 rings (SSSR count). The smallest absolute Gasteiger partial charge is 0.162 e. The maximum absolute atomic E-state index is 12.7. The first kappa shape index (κ1) is 43.3. The second kappa shape index (κ2) is 18.2. The quantitative estimate of drug-likeness (QED) is 0.106. The number of carbonyl (C=O) groups is 2. The standard InChI is InChI=1S/C21H25Cl2N5O.C20H25ClN6O/c1-6-28(11-15(29)7-14-8-17(22)24-18(23)9-14)19-10-16(12(2)3)20-13(4)26-27(5)21(20)25-19;1-12-7-14(9-17(21)22-12)8-15(28)11-26(5)18-10-16(25(3)4)19-13(2)24-27(6)20(19)23-18/h8-10,12H,6-7,11H2,1-5H3;7,9-10H,8,11H2,1-6H3. The molecule has 0 aliphatic carbocycles. The highest BCUT2D eigenvalue weighted by atomic mass is 35.5. The molecule has 6 heterocycles. The maximum atomic E-state index is 12.7. The zero-order valence-electron chi connectivity index (χ0n) is 34.4. The number of carbonyl (C=O) groups excluding carboxylic acids is 2. The van der Waals surface area contributed by atoms with Gasteiger partial charge in [0.1, 0.15) is 27.1 Å². The summed E-state index contributed by atoms with van der Waals surface area (Å²) >= 11 is 17.9. The van der Waals surface area contributed by atoms with Crippen LogP contribution in [0.2, 0.25) is 15.5 Å². The van der Waals surface area contributed by atoms with Crippen LogP contribution in [0.15, 0.2) is 36.4 Å². The van der Waals surface area contributed by atoms with Crippen molar-refractivity contribution in [1.29, 1.82) is 0 Å². The van der Waals surface area contributed by atoms with Gasteiger partial charge in [0.15, 0.2) is 22.9 Å². The molecule has 0 saturated heterocycles. The number of anilines is 3. The molecule has 0 saturated carbocycles.